The Hall–Kier alpha value is -2.93. The van der Waals surface area contributed by atoms with Gasteiger partial charge < -0.3 is 25.7 Å². The molecule has 3 aromatic rings. The van der Waals surface area contributed by atoms with Crippen LogP contribution in [0.25, 0.3) is 10.9 Å². The molecule has 0 radical (unpaired) electrons. The smallest absolute Gasteiger partial charge is 0.187 e. The summed E-state index contributed by atoms with van der Waals surface area (Å²) in [7, 11) is 3.21. The van der Waals surface area contributed by atoms with Crippen LogP contribution in [0.15, 0.2) is 52.8 Å². The minimum Gasteiger partial charge on any atom is -0.493 e. The number of nitrogens with two attached hydrogens (primary N) is 2. The van der Waals surface area contributed by atoms with Gasteiger partial charge in [0.25, 0.3) is 0 Å². The molecule has 4 rings (SSSR count). The topological polar surface area (TPSA) is 92.6 Å². The lowest BCUT2D eigenvalue weighted by Gasteiger charge is -2.25. The summed E-state index contributed by atoms with van der Waals surface area (Å²) in [6.45, 7) is 0. The number of halogens is 1. The van der Waals surface area contributed by atoms with Crippen LogP contribution in [0.2, 0.25) is 0 Å². The van der Waals surface area contributed by atoms with Gasteiger partial charge >= 0.3 is 0 Å². The highest BCUT2D eigenvalue weighted by atomic mass is 79.9. The summed E-state index contributed by atoms with van der Waals surface area (Å²) in [4.78, 5) is 4.45. The molecular formula is C20H18BrN3O3. The molecule has 1 aliphatic rings. The normalized spacial score (nSPS) is 15.7. The number of rotatable bonds is 3. The fourth-order valence-electron chi connectivity index (χ4n) is 3.34. The molecule has 1 aliphatic heterocycles. The Morgan fingerprint density at radius 3 is 2.59 bits per heavy atom. The maximum Gasteiger partial charge on any atom is 0.187 e. The molecule has 27 heavy (non-hydrogen) atoms. The molecule has 0 bridgehead atoms. The quantitative estimate of drug-likeness (QED) is 0.657. The highest BCUT2D eigenvalue weighted by molar-refractivity contribution is 9.10. The number of anilines is 1. The summed E-state index contributed by atoms with van der Waals surface area (Å²) in [5.41, 5.74) is 14.6. The molecule has 1 aromatic heterocycles. The number of benzene rings is 2. The third kappa shape index (κ3) is 2.94. The number of methoxy groups -OCH3 is 2. The second-order valence-corrected chi connectivity index (χ2v) is 7.03. The Balaban J connectivity index is 1.93. The number of hydrogen-bond donors (Lipinski definition) is 2. The van der Waals surface area contributed by atoms with Crippen LogP contribution in [-0.2, 0) is 0 Å². The maximum atomic E-state index is 6.08. The van der Waals surface area contributed by atoms with Crippen molar-refractivity contribution in [2.24, 2.45) is 5.73 Å². The molecule has 7 heteroatoms. The minimum atomic E-state index is -0.127. The van der Waals surface area contributed by atoms with Crippen LogP contribution in [0, 0.1) is 0 Å². The van der Waals surface area contributed by atoms with E-state index in [-0.39, 0.29) is 5.92 Å². The fraction of sp³-hybridized carbons (Fsp3) is 0.150. The SMILES string of the molecule is COc1cc(C2C=C(N)Oc3c2ccc2ccc(N)nc32)cc(Br)c1OC. The predicted molar refractivity (Wildman–Crippen MR) is 108 cm³/mol. The Morgan fingerprint density at radius 1 is 1.07 bits per heavy atom. The van der Waals surface area contributed by atoms with Crippen molar-refractivity contribution >= 4 is 32.7 Å². The van der Waals surface area contributed by atoms with E-state index >= 15 is 0 Å². The molecule has 0 spiro atoms. The van der Waals surface area contributed by atoms with Gasteiger partial charge in [0.15, 0.2) is 23.1 Å². The fourth-order valence-corrected chi connectivity index (χ4v) is 3.97. The number of nitrogen functional groups attached to an aromatic ring is 1. The molecule has 0 saturated heterocycles. The predicted octanol–water partition coefficient (Wildman–Crippen LogP) is 3.92. The zero-order valence-electron chi connectivity index (χ0n) is 14.8. The van der Waals surface area contributed by atoms with Gasteiger partial charge in [-0.1, -0.05) is 12.1 Å². The van der Waals surface area contributed by atoms with E-state index in [0.717, 1.165) is 21.0 Å². The molecule has 4 N–H and O–H groups in total. The van der Waals surface area contributed by atoms with E-state index in [9.17, 15) is 0 Å². The minimum absolute atomic E-state index is 0.127. The van der Waals surface area contributed by atoms with Crippen molar-refractivity contribution in [1.82, 2.24) is 4.98 Å². The molecule has 1 atom stereocenters. The van der Waals surface area contributed by atoms with Crippen LogP contribution in [0.4, 0.5) is 5.82 Å². The van der Waals surface area contributed by atoms with E-state index in [2.05, 4.69) is 20.9 Å². The van der Waals surface area contributed by atoms with E-state index < -0.39 is 0 Å². The molecule has 0 saturated carbocycles. The number of fused-ring (bicyclic) bond motifs is 3. The Kier molecular flexibility index (Phi) is 4.31. The highest BCUT2D eigenvalue weighted by Gasteiger charge is 2.26. The third-order valence-corrected chi connectivity index (χ3v) is 5.16. The van der Waals surface area contributed by atoms with E-state index in [0.29, 0.717) is 34.5 Å². The van der Waals surface area contributed by atoms with E-state index in [1.807, 2.05) is 36.4 Å². The van der Waals surface area contributed by atoms with Crippen LogP contribution in [0.3, 0.4) is 0 Å². The van der Waals surface area contributed by atoms with Gasteiger partial charge in [-0.15, -0.1) is 0 Å². The van der Waals surface area contributed by atoms with E-state index in [4.69, 9.17) is 25.7 Å². The number of hydrogen-bond acceptors (Lipinski definition) is 6. The van der Waals surface area contributed by atoms with Gasteiger partial charge in [-0.2, -0.15) is 0 Å². The second-order valence-electron chi connectivity index (χ2n) is 6.18. The Labute approximate surface area is 164 Å². The third-order valence-electron chi connectivity index (χ3n) is 4.57. The van der Waals surface area contributed by atoms with Crippen LogP contribution in [-0.4, -0.2) is 19.2 Å². The first-order valence-corrected chi connectivity index (χ1v) is 9.06. The van der Waals surface area contributed by atoms with Gasteiger partial charge in [0, 0.05) is 16.9 Å². The summed E-state index contributed by atoms with van der Waals surface area (Å²) in [5, 5.41) is 0.935. The number of nitrogens with zero attached hydrogens (tertiary/aromatic N) is 1. The molecule has 0 amide bonds. The largest absolute Gasteiger partial charge is 0.493 e. The van der Waals surface area contributed by atoms with Crippen molar-refractivity contribution in [1.29, 1.82) is 0 Å². The van der Waals surface area contributed by atoms with Crippen molar-refractivity contribution in [3.8, 4) is 17.2 Å². The lowest BCUT2D eigenvalue weighted by atomic mass is 9.88. The average Bonchev–Trinajstić information content (AvgIpc) is 2.66. The van der Waals surface area contributed by atoms with Crippen LogP contribution < -0.4 is 25.7 Å². The van der Waals surface area contributed by atoms with Gasteiger partial charge in [0.05, 0.1) is 18.7 Å². The van der Waals surface area contributed by atoms with Gasteiger partial charge in [-0.05, 0) is 51.8 Å². The Morgan fingerprint density at radius 2 is 1.85 bits per heavy atom. The second kappa shape index (κ2) is 6.66. The zero-order chi connectivity index (χ0) is 19.1. The number of allylic oxidation sites excluding steroid dienone is 1. The van der Waals surface area contributed by atoms with Crippen molar-refractivity contribution in [3.63, 3.8) is 0 Å². The summed E-state index contributed by atoms with van der Waals surface area (Å²) >= 11 is 3.55. The zero-order valence-corrected chi connectivity index (χ0v) is 16.4. The van der Waals surface area contributed by atoms with Crippen LogP contribution in [0.1, 0.15) is 17.0 Å². The summed E-state index contributed by atoms with van der Waals surface area (Å²) in [6.07, 6.45) is 1.87. The van der Waals surface area contributed by atoms with Gasteiger partial charge in [-0.3, -0.25) is 0 Å². The lowest BCUT2D eigenvalue weighted by Crippen LogP contribution is -2.16. The first-order chi connectivity index (χ1) is 13.0. The first kappa shape index (κ1) is 17.5. The summed E-state index contributed by atoms with van der Waals surface area (Å²) < 4.78 is 17.5. The van der Waals surface area contributed by atoms with E-state index in [1.165, 1.54) is 0 Å². The molecule has 138 valence electrons. The van der Waals surface area contributed by atoms with Crippen LogP contribution >= 0.6 is 15.9 Å². The molecule has 0 aliphatic carbocycles. The van der Waals surface area contributed by atoms with Crippen molar-refractivity contribution in [3.05, 3.63) is 64.0 Å². The molecule has 6 nitrogen and oxygen atoms in total. The summed E-state index contributed by atoms with van der Waals surface area (Å²) in [6, 6.07) is 11.6. The number of ether oxygens (including phenoxy) is 3. The lowest BCUT2D eigenvalue weighted by molar-refractivity contribution is 0.352. The summed E-state index contributed by atoms with van der Waals surface area (Å²) in [5.74, 6) is 2.50. The van der Waals surface area contributed by atoms with E-state index in [1.54, 1.807) is 20.3 Å². The number of pyridine rings is 1. The van der Waals surface area contributed by atoms with Gasteiger partial charge in [-0.25, -0.2) is 4.98 Å². The highest BCUT2D eigenvalue weighted by Crippen LogP contribution is 2.45. The van der Waals surface area contributed by atoms with Gasteiger partial charge in [0.1, 0.15) is 11.3 Å². The monoisotopic (exact) mass is 427 g/mol. The van der Waals surface area contributed by atoms with Crippen molar-refractivity contribution < 1.29 is 14.2 Å². The standard InChI is InChI=1S/C20H18BrN3O3/c1-25-15-8-11(7-14(21)20(15)26-2)13-9-17(23)27-19-12(13)5-3-10-4-6-16(22)24-18(10)19/h3-9,13H,23H2,1-2H3,(H2,22,24). The van der Waals surface area contributed by atoms with Crippen LogP contribution in [0.5, 0.6) is 17.2 Å². The first-order valence-electron chi connectivity index (χ1n) is 8.27. The molecular weight excluding hydrogens is 410 g/mol. The molecule has 2 aromatic carbocycles. The average molecular weight is 428 g/mol. The van der Waals surface area contributed by atoms with Crippen molar-refractivity contribution in [2.45, 2.75) is 5.92 Å². The van der Waals surface area contributed by atoms with Gasteiger partial charge in [0.2, 0.25) is 0 Å². The number of aromatic nitrogens is 1. The maximum absolute atomic E-state index is 6.08. The molecule has 0 fully saturated rings. The molecule has 2 heterocycles. The Bertz CT molecular complexity index is 1080. The van der Waals surface area contributed by atoms with Crippen molar-refractivity contribution in [2.75, 3.05) is 20.0 Å². The molecule has 1 unspecified atom stereocenters.